The van der Waals surface area contributed by atoms with Gasteiger partial charge >= 0.3 is 0 Å². The van der Waals surface area contributed by atoms with Crippen molar-refractivity contribution in [3.8, 4) is 0 Å². The molecule has 0 saturated heterocycles. The van der Waals surface area contributed by atoms with Crippen molar-refractivity contribution >= 4 is 0 Å². The summed E-state index contributed by atoms with van der Waals surface area (Å²) in [6.45, 7) is 9.85. The van der Waals surface area contributed by atoms with Gasteiger partial charge in [0.05, 0.1) is 26.4 Å². The molecule has 0 aromatic heterocycles. The first-order chi connectivity index (χ1) is 11.6. The van der Waals surface area contributed by atoms with Gasteiger partial charge in [-0.2, -0.15) is 0 Å². The van der Waals surface area contributed by atoms with Crippen LogP contribution in [0.2, 0.25) is 0 Å². The fourth-order valence-electron chi connectivity index (χ4n) is 3.43. The Labute approximate surface area is 148 Å². The van der Waals surface area contributed by atoms with Crippen LogP contribution in [0, 0.1) is 0 Å². The molecule has 0 radical (unpaired) electrons. The van der Waals surface area contributed by atoms with Gasteiger partial charge in [0, 0.05) is 37.3 Å². The second-order valence-electron chi connectivity index (χ2n) is 6.45. The van der Waals surface area contributed by atoms with E-state index in [0.29, 0.717) is 13.1 Å². The molecule has 4 N–H and O–H groups in total. The summed E-state index contributed by atoms with van der Waals surface area (Å²) in [7, 11) is 0. The summed E-state index contributed by atoms with van der Waals surface area (Å²) in [5.41, 5.74) is 0. The lowest BCUT2D eigenvalue weighted by molar-refractivity contribution is 0.00847. The van der Waals surface area contributed by atoms with Crippen LogP contribution < -0.4 is 0 Å². The first-order valence-corrected chi connectivity index (χ1v) is 9.52. The highest BCUT2D eigenvalue weighted by Crippen LogP contribution is 2.16. The predicted octanol–water partition coefficient (Wildman–Crippen LogP) is 0.674. The minimum atomic E-state index is 0.0207. The molecule has 6 nitrogen and oxygen atoms in total. The quantitative estimate of drug-likeness (QED) is 0.348. The van der Waals surface area contributed by atoms with Crippen LogP contribution >= 0.6 is 0 Å². The van der Waals surface area contributed by atoms with Crippen molar-refractivity contribution in [2.24, 2.45) is 0 Å². The molecule has 0 rings (SSSR count). The van der Waals surface area contributed by atoms with Crippen LogP contribution in [0.25, 0.3) is 0 Å². The topological polar surface area (TPSA) is 87.4 Å². The Morgan fingerprint density at radius 3 is 0.833 bits per heavy atom. The average Bonchev–Trinajstić information content (AvgIpc) is 2.62. The third-order valence-corrected chi connectivity index (χ3v) is 5.22. The van der Waals surface area contributed by atoms with Crippen molar-refractivity contribution < 1.29 is 20.4 Å². The molecule has 0 saturated carbocycles. The van der Waals surface area contributed by atoms with Gasteiger partial charge in [0.2, 0.25) is 0 Å². The van der Waals surface area contributed by atoms with E-state index in [9.17, 15) is 20.4 Å². The SMILES string of the molecule is CCC(CO)N(CCN(C(CC)CO)C(CC)CO)C(CC)CO. The molecule has 0 aliphatic rings. The highest BCUT2D eigenvalue weighted by Gasteiger charge is 2.27. The van der Waals surface area contributed by atoms with Crippen molar-refractivity contribution in [3.63, 3.8) is 0 Å². The van der Waals surface area contributed by atoms with Gasteiger partial charge in [0.1, 0.15) is 0 Å². The van der Waals surface area contributed by atoms with Gasteiger partial charge in [0.15, 0.2) is 0 Å². The molecular formula is C18H40N2O4. The van der Waals surface area contributed by atoms with Gasteiger partial charge in [-0.1, -0.05) is 27.7 Å². The maximum absolute atomic E-state index is 9.69. The predicted molar refractivity (Wildman–Crippen MR) is 98.1 cm³/mol. The van der Waals surface area contributed by atoms with E-state index in [1.807, 2.05) is 27.7 Å². The number of rotatable bonds is 15. The third-order valence-electron chi connectivity index (χ3n) is 5.22. The van der Waals surface area contributed by atoms with Crippen molar-refractivity contribution in [2.45, 2.75) is 77.5 Å². The van der Waals surface area contributed by atoms with E-state index in [-0.39, 0.29) is 50.6 Å². The summed E-state index contributed by atoms with van der Waals surface area (Å²) in [6.07, 6.45) is 3.28. The summed E-state index contributed by atoms with van der Waals surface area (Å²) in [4.78, 5) is 4.36. The molecule has 0 aliphatic carbocycles. The third kappa shape index (κ3) is 6.94. The minimum absolute atomic E-state index is 0.0207. The van der Waals surface area contributed by atoms with Gasteiger partial charge in [-0.05, 0) is 25.7 Å². The molecule has 0 aromatic carbocycles. The summed E-state index contributed by atoms with van der Waals surface area (Å²) in [5, 5.41) is 38.8. The Kier molecular flexibility index (Phi) is 13.8. The molecule has 6 heteroatoms. The Hall–Kier alpha value is -0.240. The van der Waals surface area contributed by atoms with E-state index >= 15 is 0 Å². The zero-order valence-electron chi connectivity index (χ0n) is 16.1. The number of hydrogen-bond acceptors (Lipinski definition) is 6. The van der Waals surface area contributed by atoms with Crippen LogP contribution in [0.5, 0.6) is 0 Å². The van der Waals surface area contributed by atoms with Crippen LogP contribution in [0.3, 0.4) is 0 Å². The van der Waals surface area contributed by atoms with Gasteiger partial charge in [-0.3, -0.25) is 9.80 Å². The van der Waals surface area contributed by atoms with E-state index in [2.05, 4.69) is 9.80 Å². The first kappa shape index (κ1) is 23.8. The smallest absolute Gasteiger partial charge is 0.0586 e. The largest absolute Gasteiger partial charge is 0.395 e. The number of aliphatic hydroxyl groups excluding tert-OH is 4. The second kappa shape index (κ2) is 14.0. The number of nitrogens with zero attached hydrogens (tertiary/aromatic N) is 2. The van der Waals surface area contributed by atoms with Crippen molar-refractivity contribution in [1.29, 1.82) is 0 Å². The molecule has 4 atom stereocenters. The standard InChI is InChI=1S/C18H40N2O4/c1-5-15(11-21)19(16(6-2)12-22)9-10-20(17(7-3)13-23)18(8-4)14-24/h15-18,21-24H,5-14H2,1-4H3. The number of hydrogen-bond donors (Lipinski definition) is 4. The summed E-state index contributed by atoms with van der Waals surface area (Å²) in [6, 6.07) is 0.0828. The maximum Gasteiger partial charge on any atom is 0.0586 e. The maximum atomic E-state index is 9.69. The van der Waals surface area contributed by atoms with Gasteiger partial charge in [-0.15, -0.1) is 0 Å². The van der Waals surface area contributed by atoms with Crippen LogP contribution in [0.1, 0.15) is 53.4 Å². The molecule has 4 unspecified atom stereocenters. The molecule has 0 amide bonds. The van der Waals surface area contributed by atoms with E-state index in [0.717, 1.165) is 25.7 Å². The second-order valence-corrected chi connectivity index (χ2v) is 6.45. The minimum Gasteiger partial charge on any atom is -0.395 e. The molecule has 0 heterocycles. The molecule has 0 fully saturated rings. The van der Waals surface area contributed by atoms with Gasteiger partial charge < -0.3 is 20.4 Å². The zero-order chi connectivity index (χ0) is 18.5. The lowest BCUT2D eigenvalue weighted by atomic mass is 10.1. The van der Waals surface area contributed by atoms with E-state index in [1.165, 1.54) is 0 Å². The summed E-state index contributed by atoms with van der Waals surface area (Å²) >= 11 is 0. The number of aliphatic hydroxyl groups is 4. The van der Waals surface area contributed by atoms with E-state index < -0.39 is 0 Å². The molecule has 0 aliphatic heterocycles. The van der Waals surface area contributed by atoms with Crippen molar-refractivity contribution in [3.05, 3.63) is 0 Å². The van der Waals surface area contributed by atoms with Crippen LogP contribution in [-0.2, 0) is 0 Å². The molecule has 24 heavy (non-hydrogen) atoms. The molecular weight excluding hydrogens is 308 g/mol. The molecule has 0 bridgehead atoms. The van der Waals surface area contributed by atoms with E-state index in [4.69, 9.17) is 0 Å². The Bertz CT molecular complexity index is 226. The van der Waals surface area contributed by atoms with Crippen LogP contribution in [-0.4, -0.2) is 93.9 Å². The first-order valence-electron chi connectivity index (χ1n) is 9.52. The van der Waals surface area contributed by atoms with Crippen molar-refractivity contribution in [1.82, 2.24) is 9.80 Å². The average molecular weight is 349 g/mol. The van der Waals surface area contributed by atoms with Crippen LogP contribution in [0.4, 0.5) is 0 Å². The monoisotopic (exact) mass is 348 g/mol. The van der Waals surface area contributed by atoms with Gasteiger partial charge in [-0.25, -0.2) is 0 Å². The zero-order valence-corrected chi connectivity index (χ0v) is 16.1. The lowest BCUT2D eigenvalue weighted by Crippen LogP contribution is -2.53. The van der Waals surface area contributed by atoms with Crippen molar-refractivity contribution in [2.75, 3.05) is 39.5 Å². The lowest BCUT2D eigenvalue weighted by Gasteiger charge is -2.41. The fourth-order valence-corrected chi connectivity index (χ4v) is 3.43. The highest BCUT2D eigenvalue weighted by atomic mass is 16.3. The molecule has 146 valence electrons. The van der Waals surface area contributed by atoms with Crippen LogP contribution in [0.15, 0.2) is 0 Å². The summed E-state index contributed by atoms with van der Waals surface area (Å²) in [5.74, 6) is 0. The summed E-state index contributed by atoms with van der Waals surface area (Å²) < 4.78 is 0. The highest BCUT2D eigenvalue weighted by molar-refractivity contribution is 4.82. The normalized spacial score (nSPS) is 17.2. The van der Waals surface area contributed by atoms with E-state index in [1.54, 1.807) is 0 Å². The fraction of sp³-hybridized carbons (Fsp3) is 1.00. The van der Waals surface area contributed by atoms with Gasteiger partial charge in [0.25, 0.3) is 0 Å². The molecule has 0 spiro atoms. The Morgan fingerprint density at radius 1 is 0.500 bits per heavy atom. The Balaban J connectivity index is 5.19. The molecule has 0 aromatic rings. The Morgan fingerprint density at radius 2 is 0.708 bits per heavy atom.